The summed E-state index contributed by atoms with van der Waals surface area (Å²) >= 11 is 6.91. The zero-order chi connectivity index (χ0) is 17.8. The van der Waals surface area contributed by atoms with E-state index in [0.29, 0.717) is 21.4 Å². The van der Waals surface area contributed by atoms with Crippen LogP contribution < -0.4 is 10.1 Å². The van der Waals surface area contributed by atoms with Crippen molar-refractivity contribution >= 4 is 46.3 Å². The molecule has 2 aromatic rings. The Kier molecular flexibility index (Phi) is 5.31. The smallest absolute Gasteiger partial charge is 0.295 e. The number of methoxy groups -OCH3 is 1. The van der Waals surface area contributed by atoms with Gasteiger partial charge in [-0.1, -0.05) is 41.9 Å². The maximum Gasteiger partial charge on any atom is 0.295 e. The molecule has 1 fully saturated rings. The molecule has 25 heavy (non-hydrogen) atoms. The Morgan fingerprint density at radius 3 is 2.68 bits per heavy atom. The van der Waals surface area contributed by atoms with Crippen LogP contribution in [-0.2, 0) is 4.79 Å². The van der Waals surface area contributed by atoms with Crippen molar-refractivity contribution in [3.05, 3.63) is 64.0 Å². The van der Waals surface area contributed by atoms with Crippen LogP contribution in [0.25, 0.3) is 6.08 Å². The standard InChI is InChI=1S/C18H15ClN2O3S/c1-24-15-8-7-13(19)10-14(15)20-11-21-17(22)16(25-18(21)23)9-12-5-3-2-4-6-12/h2-10,20H,11H2,1H3/b16-9-. The predicted molar refractivity (Wildman–Crippen MR) is 101 cm³/mol. The molecule has 0 unspecified atom stereocenters. The molecule has 1 aliphatic rings. The summed E-state index contributed by atoms with van der Waals surface area (Å²) in [7, 11) is 1.54. The van der Waals surface area contributed by atoms with Crippen LogP contribution in [0.15, 0.2) is 53.4 Å². The van der Waals surface area contributed by atoms with Gasteiger partial charge in [0.2, 0.25) is 0 Å². The highest BCUT2D eigenvalue weighted by Gasteiger charge is 2.34. The summed E-state index contributed by atoms with van der Waals surface area (Å²) in [4.78, 5) is 26.2. The van der Waals surface area contributed by atoms with E-state index in [-0.39, 0.29) is 17.8 Å². The topological polar surface area (TPSA) is 58.6 Å². The number of hydrogen-bond acceptors (Lipinski definition) is 5. The SMILES string of the molecule is COc1ccc(Cl)cc1NCN1C(=O)S/C(=C\c2ccccc2)C1=O. The average molecular weight is 375 g/mol. The Morgan fingerprint density at radius 2 is 1.96 bits per heavy atom. The van der Waals surface area contributed by atoms with Gasteiger partial charge in [0.15, 0.2) is 0 Å². The fourth-order valence-corrected chi connectivity index (χ4v) is 3.33. The van der Waals surface area contributed by atoms with E-state index in [1.165, 1.54) is 7.11 Å². The highest BCUT2D eigenvalue weighted by molar-refractivity contribution is 8.18. The average Bonchev–Trinajstić information content (AvgIpc) is 2.87. The third kappa shape index (κ3) is 3.97. The third-order valence-electron chi connectivity index (χ3n) is 3.56. The molecule has 1 saturated heterocycles. The van der Waals surface area contributed by atoms with Gasteiger partial charge < -0.3 is 10.1 Å². The van der Waals surface area contributed by atoms with Gasteiger partial charge in [-0.05, 0) is 41.6 Å². The zero-order valence-electron chi connectivity index (χ0n) is 13.4. The lowest BCUT2D eigenvalue weighted by molar-refractivity contribution is -0.122. The first-order chi connectivity index (χ1) is 12.1. The van der Waals surface area contributed by atoms with Crippen molar-refractivity contribution in [2.45, 2.75) is 0 Å². The Balaban J connectivity index is 1.74. The second-order valence-electron chi connectivity index (χ2n) is 5.20. The predicted octanol–water partition coefficient (Wildman–Crippen LogP) is 4.45. The minimum Gasteiger partial charge on any atom is -0.495 e. The normalized spacial score (nSPS) is 15.8. The summed E-state index contributed by atoms with van der Waals surface area (Å²) in [6.07, 6.45) is 1.71. The van der Waals surface area contributed by atoms with Crippen molar-refractivity contribution in [1.29, 1.82) is 0 Å². The number of amides is 2. The molecule has 0 atom stereocenters. The molecule has 1 heterocycles. The van der Waals surface area contributed by atoms with E-state index in [0.717, 1.165) is 22.2 Å². The summed E-state index contributed by atoms with van der Waals surface area (Å²) in [5, 5.41) is 3.24. The van der Waals surface area contributed by atoms with Gasteiger partial charge in [-0.15, -0.1) is 0 Å². The molecule has 1 aliphatic heterocycles. The second-order valence-corrected chi connectivity index (χ2v) is 6.63. The number of hydrogen-bond donors (Lipinski definition) is 1. The molecular weight excluding hydrogens is 360 g/mol. The first-order valence-electron chi connectivity index (χ1n) is 7.46. The molecular formula is C18H15ClN2O3S. The maximum atomic E-state index is 12.5. The first-order valence-corrected chi connectivity index (χ1v) is 8.66. The van der Waals surface area contributed by atoms with Gasteiger partial charge in [0.05, 0.1) is 24.4 Å². The van der Waals surface area contributed by atoms with E-state index >= 15 is 0 Å². The van der Waals surface area contributed by atoms with Crippen LogP contribution in [0.5, 0.6) is 5.75 Å². The summed E-state index contributed by atoms with van der Waals surface area (Å²) in [6, 6.07) is 14.5. The number of ether oxygens (including phenoxy) is 1. The lowest BCUT2D eigenvalue weighted by Gasteiger charge is -2.16. The quantitative estimate of drug-likeness (QED) is 0.783. The van der Waals surface area contributed by atoms with Gasteiger partial charge in [-0.2, -0.15) is 0 Å². The number of imide groups is 1. The molecule has 0 aliphatic carbocycles. The van der Waals surface area contributed by atoms with Crippen LogP contribution in [-0.4, -0.2) is 29.8 Å². The Hall–Kier alpha value is -2.44. The minimum atomic E-state index is -0.327. The van der Waals surface area contributed by atoms with Gasteiger partial charge >= 0.3 is 0 Å². The van der Waals surface area contributed by atoms with Gasteiger partial charge in [0.25, 0.3) is 11.1 Å². The van der Waals surface area contributed by atoms with E-state index in [9.17, 15) is 9.59 Å². The number of benzene rings is 2. The van der Waals surface area contributed by atoms with Gasteiger partial charge in [-0.25, -0.2) is 0 Å². The number of rotatable bonds is 5. The van der Waals surface area contributed by atoms with Crippen LogP contribution in [0.1, 0.15) is 5.56 Å². The largest absolute Gasteiger partial charge is 0.495 e. The summed E-state index contributed by atoms with van der Waals surface area (Å²) in [6.45, 7) is 0.0352. The molecule has 0 aromatic heterocycles. The van der Waals surface area contributed by atoms with Crippen LogP contribution in [0, 0.1) is 0 Å². The van der Waals surface area contributed by atoms with Crippen LogP contribution in [0.4, 0.5) is 10.5 Å². The highest BCUT2D eigenvalue weighted by Crippen LogP contribution is 2.33. The van der Waals surface area contributed by atoms with Crippen molar-refractivity contribution in [2.75, 3.05) is 19.1 Å². The minimum absolute atomic E-state index is 0.0352. The lowest BCUT2D eigenvalue weighted by Crippen LogP contribution is -2.33. The number of nitrogens with one attached hydrogen (secondary N) is 1. The Bertz CT molecular complexity index is 839. The molecule has 0 saturated carbocycles. The van der Waals surface area contributed by atoms with Gasteiger partial charge in [0, 0.05) is 5.02 Å². The van der Waals surface area contributed by atoms with Crippen LogP contribution >= 0.6 is 23.4 Å². The third-order valence-corrected chi connectivity index (χ3v) is 4.70. The van der Waals surface area contributed by atoms with E-state index < -0.39 is 0 Å². The molecule has 3 rings (SSSR count). The fourth-order valence-electron chi connectivity index (χ4n) is 2.32. The highest BCUT2D eigenvalue weighted by atomic mass is 35.5. The van der Waals surface area contributed by atoms with Gasteiger partial charge in [-0.3, -0.25) is 14.5 Å². The Labute approximate surface area is 154 Å². The molecule has 0 radical (unpaired) electrons. The fraction of sp³-hybridized carbons (Fsp3) is 0.111. The Morgan fingerprint density at radius 1 is 1.20 bits per heavy atom. The molecule has 0 spiro atoms. The van der Waals surface area contributed by atoms with Crippen molar-refractivity contribution in [3.8, 4) is 5.75 Å². The van der Waals surface area contributed by atoms with Gasteiger partial charge in [0.1, 0.15) is 5.75 Å². The molecule has 7 heteroatoms. The number of nitrogens with zero attached hydrogens (tertiary/aromatic N) is 1. The molecule has 2 aromatic carbocycles. The van der Waals surface area contributed by atoms with Crippen molar-refractivity contribution in [1.82, 2.24) is 4.90 Å². The second kappa shape index (κ2) is 7.63. The number of carbonyl (C=O) groups is 2. The van der Waals surface area contributed by atoms with Crippen molar-refractivity contribution in [3.63, 3.8) is 0 Å². The number of anilines is 1. The molecule has 128 valence electrons. The van der Waals surface area contributed by atoms with Crippen molar-refractivity contribution < 1.29 is 14.3 Å². The molecule has 0 bridgehead atoms. The van der Waals surface area contributed by atoms with E-state index in [1.807, 2.05) is 30.3 Å². The first kappa shape index (κ1) is 17.4. The zero-order valence-corrected chi connectivity index (χ0v) is 14.9. The number of halogens is 1. The molecule has 5 nitrogen and oxygen atoms in total. The van der Waals surface area contributed by atoms with E-state index in [1.54, 1.807) is 24.3 Å². The van der Waals surface area contributed by atoms with Crippen molar-refractivity contribution in [2.24, 2.45) is 0 Å². The maximum absolute atomic E-state index is 12.5. The molecule has 1 N–H and O–H groups in total. The summed E-state index contributed by atoms with van der Waals surface area (Å²) in [5.74, 6) is 0.253. The lowest BCUT2D eigenvalue weighted by atomic mass is 10.2. The monoisotopic (exact) mass is 374 g/mol. The van der Waals surface area contributed by atoms with Crippen LogP contribution in [0.2, 0.25) is 5.02 Å². The number of carbonyl (C=O) groups excluding carboxylic acids is 2. The van der Waals surface area contributed by atoms with E-state index in [4.69, 9.17) is 16.3 Å². The number of thioether (sulfide) groups is 1. The van der Waals surface area contributed by atoms with Crippen LogP contribution in [0.3, 0.4) is 0 Å². The molecule has 2 amide bonds. The van der Waals surface area contributed by atoms with E-state index in [2.05, 4.69) is 5.32 Å². The summed E-state index contributed by atoms with van der Waals surface area (Å²) in [5.41, 5.74) is 1.48. The summed E-state index contributed by atoms with van der Waals surface area (Å²) < 4.78 is 5.24.